The van der Waals surface area contributed by atoms with E-state index in [2.05, 4.69) is 27.2 Å². The monoisotopic (exact) mass is 333 g/mol. The highest BCUT2D eigenvalue weighted by Crippen LogP contribution is 2.16. The fourth-order valence-electron chi connectivity index (χ4n) is 2.71. The third-order valence-corrected chi connectivity index (χ3v) is 4.06. The number of carbonyl (C=O) groups is 1. The molecule has 8 heteroatoms. The van der Waals surface area contributed by atoms with Gasteiger partial charge in [-0.3, -0.25) is 4.79 Å². The molecule has 0 aliphatic rings. The Balaban J connectivity index is 1.83. The third kappa shape index (κ3) is 5.36. The van der Waals surface area contributed by atoms with Crippen LogP contribution in [0.1, 0.15) is 62.9 Å². The van der Waals surface area contributed by atoms with E-state index in [1.807, 2.05) is 6.20 Å². The van der Waals surface area contributed by atoms with Crippen molar-refractivity contribution in [1.82, 2.24) is 25.0 Å². The number of unbranched alkanes of at least 4 members (excludes halogenated alkanes) is 3. The van der Waals surface area contributed by atoms with Crippen molar-refractivity contribution in [3.05, 3.63) is 23.8 Å². The number of nitrogen functional groups attached to an aromatic ring is 1. The Morgan fingerprint density at radius 2 is 2.12 bits per heavy atom. The van der Waals surface area contributed by atoms with Gasteiger partial charge in [0.15, 0.2) is 5.95 Å². The molecule has 0 aliphatic heterocycles. The predicted octanol–water partition coefficient (Wildman–Crippen LogP) is 1.76. The average Bonchev–Trinajstić information content (AvgIpc) is 3.16. The van der Waals surface area contributed by atoms with Gasteiger partial charge in [-0.1, -0.05) is 37.8 Å². The summed E-state index contributed by atoms with van der Waals surface area (Å²) in [6.45, 7) is 2.16. The lowest BCUT2D eigenvalue weighted by atomic mass is 10.1. The topological polar surface area (TPSA) is 128 Å². The first-order valence-electron chi connectivity index (χ1n) is 8.59. The highest BCUT2D eigenvalue weighted by Gasteiger charge is 2.18. The minimum absolute atomic E-state index is 0.351. The van der Waals surface area contributed by atoms with Crippen molar-refractivity contribution in [2.75, 3.05) is 5.73 Å². The van der Waals surface area contributed by atoms with E-state index in [1.165, 1.54) is 6.42 Å². The van der Waals surface area contributed by atoms with Gasteiger partial charge < -0.3 is 16.5 Å². The van der Waals surface area contributed by atoms with E-state index in [9.17, 15) is 4.79 Å². The van der Waals surface area contributed by atoms with Gasteiger partial charge in [-0.25, -0.2) is 9.67 Å². The van der Waals surface area contributed by atoms with Crippen molar-refractivity contribution < 1.29 is 4.79 Å². The van der Waals surface area contributed by atoms with Crippen LogP contribution in [-0.4, -0.2) is 30.9 Å². The molecule has 5 N–H and O–H groups in total. The van der Waals surface area contributed by atoms with Crippen LogP contribution in [0.3, 0.4) is 0 Å². The summed E-state index contributed by atoms with van der Waals surface area (Å²) in [5.74, 6) is 0.0826. The van der Waals surface area contributed by atoms with Crippen molar-refractivity contribution in [3.8, 4) is 0 Å². The Morgan fingerprint density at radius 1 is 1.29 bits per heavy atom. The molecule has 1 atom stereocenters. The number of H-pyrrole nitrogens is 1. The second-order valence-corrected chi connectivity index (χ2v) is 6.10. The number of nitrogens with zero attached hydrogens (tertiary/aromatic N) is 4. The summed E-state index contributed by atoms with van der Waals surface area (Å²) in [6, 6.07) is -0.407. The summed E-state index contributed by atoms with van der Waals surface area (Å²) in [5.41, 5.74) is 12.9. The average molecular weight is 333 g/mol. The summed E-state index contributed by atoms with van der Waals surface area (Å²) in [5, 5.41) is 8.25. The first kappa shape index (κ1) is 18.0. The van der Waals surface area contributed by atoms with Crippen molar-refractivity contribution >= 4 is 11.9 Å². The molecule has 0 fully saturated rings. The molecule has 0 radical (unpaired) electrons. The van der Waals surface area contributed by atoms with Crippen LogP contribution in [0.2, 0.25) is 0 Å². The molecule has 0 saturated carbocycles. The minimum atomic E-state index is -0.407. The molecule has 132 valence electrons. The van der Waals surface area contributed by atoms with Crippen LogP contribution in [0.5, 0.6) is 0 Å². The zero-order valence-corrected chi connectivity index (χ0v) is 14.2. The van der Waals surface area contributed by atoms with Crippen LogP contribution in [0.4, 0.5) is 5.95 Å². The number of aromatic amines is 1. The number of hydrogen-bond acceptors (Lipinski definition) is 5. The highest BCUT2D eigenvalue weighted by molar-refractivity contribution is 5.78. The summed E-state index contributed by atoms with van der Waals surface area (Å²) in [6.07, 6.45) is 11.2. The van der Waals surface area contributed by atoms with E-state index in [0.29, 0.717) is 12.4 Å². The Hall–Kier alpha value is -2.38. The fraction of sp³-hybridized carbons (Fsp3) is 0.625. The predicted molar refractivity (Wildman–Crippen MR) is 92.0 cm³/mol. The van der Waals surface area contributed by atoms with Crippen LogP contribution in [0.15, 0.2) is 12.4 Å². The number of amides is 1. The van der Waals surface area contributed by atoms with Gasteiger partial charge in [-0.2, -0.15) is 0 Å². The lowest BCUT2D eigenvalue weighted by Crippen LogP contribution is -2.27. The number of nitrogens with one attached hydrogen (secondary N) is 1. The number of anilines is 1. The molecular formula is C16H27N7O. The smallest absolute Gasteiger partial charge is 0.242 e. The van der Waals surface area contributed by atoms with Crippen molar-refractivity contribution in [2.24, 2.45) is 5.73 Å². The second kappa shape index (κ2) is 9.05. The van der Waals surface area contributed by atoms with Crippen LogP contribution in [0, 0.1) is 0 Å². The molecule has 0 bridgehead atoms. The SMILES string of the molecule is CCCCCCC(C(N)=O)n1cc(CCCc2cnc(N)[nH]2)nn1. The second-order valence-electron chi connectivity index (χ2n) is 6.10. The number of rotatable bonds is 11. The van der Waals surface area contributed by atoms with Crippen LogP contribution >= 0.6 is 0 Å². The van der Waals surface area contributed by atoms with Gasteiger partial charge in [0.05, 0.1) is 11.9 Å². The fourth-order valence-corrected chi connectivity index (χ4v) is 2.71. The molecular weight excluding hydrogens is 306 g/mol. The Morgan fingerprint density at radius 3 is 2.79 bits per heavy atom. The number of aryl methyl sites for hydroxylation is 2. The molecule has 2 heterocycles. The number of carbonyl (C=O) groups excluding carboxylic acids is 1. The van der Waals surface area contributed by atoms with Crippen molar-refractivity contribution in [2.45, 2.75) is 64.3 Å². The summed E-state index contributed by atoms with van der Waals surface area (Å²) < 4.78 is 1.61. The molecule has 0 saturated heterocycles. The molecule has 1 amide bonds. The van der Waals surface area contributed by atoms with E-state index < -0.39 is 6.04 Å². The van der Waals surface area contributed by atoms with E-state index in [4.69, 9.17) is 11.5 Å². The molecule has 0 spiro atoms. The van der Waals surface area contributed by atoms with Gasteiger partial charge in [-0.15, -0.1) is 5.10 Å². The van der Waals surface area contributed by atoms with E-state index in [-0.39, 0.29) is 5.91 Å². The Labute approximate surface area is 142 Å². The normalized spacial score (nSPS) is 12.4. The van der Waals surface area contributed by atoms with Crippen molar-refractivity contribution in [3.63, 3.8) is 0 Å². The maximum Gasteiger partial charge on any atom is 0.242 e. The number of primary amides is 1. The number of imidazole rings is 1. The molecule has 0 aliphatic carbocycles. The first-order valence-corrected chi connectivity index (χ1v) is 8.59. The molecule has 1 unspecified atom stereocenters. The number of nitrogens with two attached hydrogens (primary N) is 2. The van der Waals surface area contributed by atoms with Gasteiger partial charge in [0.25, 0.3) is 0 Å². The van der Waals surface area contributed by atoms with Gasteiger partial charge in [0, 0.05) is 11.9 Å². The number of aromatic nitrogens is 5. The van der Waals surface area contributed by atoms with E-state index in [1.54, 1.807) is 10.9 Å². The highest BCUT2D eigenvalue weighted by atomic mass is 16.1. The summed E-state index contributed by atoms with van der Waals surface area (Å²) >= 11 is 0. The van der Waals surface area contributed by atoms with Gasteiger partial charge in [0.1, 0.15) is 6.04 Å². The van der Waals surface area contributed by atoms with Gasteiger partial charge in [0.2, 0.25) is 5.91 Å². The van der Waals surface area contributed by atoms with E-state index in [0.717, 1.165) is 49.9 Å². The standard InChI is InChI=1S/C16H27N7O/c1-2-3-4-5-9-14(15(17)24)23-11-13(21-22-23)8-6-7-12-10-19-16(18)20-12/h10-11,14H,2-9H2,1H3,(H2,17,24)(H3,18,19,20). The maximum absolute atomic E-state index is 11.7. The maximum atomic E-state index is 11.7. The zero-order chi connectivity index (χ0) is 17.4. The summed E-state index contributed by atoms with van der Waals surface area (Å²) in [4.78, 5) is 18.7. The quantitative estimate of drug-likeness (QED) is 0.540. The zero-order valence-electron chi connectivity index (χ0n) is 14.2. The summed E-state index contributed by atoms with van der Waals surface area (Å²) in [7, 11) is 0. The molecule has 8 nitrogen and oxygen atoms in total. The van der Waals surface area contributed by atoms with Crippen LogP contribution in [0.25, 0.3) is 0 Å². The van der Waals surface area contributed by atoms with E-state index >= 15 is 0 Å². The molecule has 0 aromatic carbocycles. The lowest BCUT2D eigenvalue weighted by Gasteiger charge is -2.12. The van der Waals surface area contributed by atoms with Crippen molar-refractivity contribution in [1.29, 1.82) is 0 Å². The largest absolute Gasteiger partial charge is 0.369 e. The molecule has 2 aromatic rings. The number of hydrogen-bond donors (Lipinski definition) is 3. The first-order chi connectivity index (χ1) is 11.6. The Bertz CT molecular complexity index is 634. The molecule has 24 heavy (non-hydrogen) atoms. The molecule has 2 rings (SSSR count). The van der Waals surface area contributed by atoms with Crippen LogP contribution in [-0.2, 0) is 17.6 Å². The Kier molecular flexibility index (Phi) is 6.77. The lowest BCUT2D eigenvalue weighted by molar-refractivity contribution is -0.121. The van der Waals surface area contributed by atoms with Gasteiger partial charge >= 0.3 is 0 Å². The molecule has 2 aromatic heterocycles. The minimum Gasteiger partial charge on any atom is -0.369 e. The third-order valence-electron chi connectivity index (χ3n) is 4.06. The van der Waals surface area contributed by atoms with Gasteiger partial charge in [-0.05, 0) is 25.7 Å². The van der Waals surface area contributed by atoms with Crippen LogP contribution < -0.4 is 11.5 Å².